The summed E-state index contributed by atoms with van der Waals surface area (Å²) < 4.78 is 10.7. The third kappa shape index (κ3) is 4.35. The molecule has 0 saturated carbocycles. The van der Waals surface area contributed by atoms with Crippen LogP contribution in [0.25, 0.3) is 0 Å². The number of nitrogens with one attached hydrogen (secondary N) is 1. The van der Waals surface area contributed by atoms with Crippen molar-refractivity contribution < 1.29 is 19.2 Å². The molecule has 0 atom stereocenters. The Morgan fingerprint density at radius 3 is 2.54 bits per heavy atom. The van der Waals surface area contributed by atoms with Crippen LogP contribution in [0.3, 0.4) is 0 Å². The Bertz CT molecular complexity index is 919. The van der Waals surface area contributed by atoms with Gasteiger partial charge in [0.05, 0.1) is 25.7 Å². The molecule has 0 saturated heterocycles. The van der Waals surface area contributed by atoms with Gasteiger partial charge in [0, 0.05) is 24.2 Å². The molecule has 1 aliphatic rings. The maximum atomic E-state index is 12.4. The van der Waals surface area contributed by atoms with Crippen molar-refractivity contribution >= 4 is 28.9 Å². The van der Waals surface area contributed by atoms with Crippen LogP contribution in [0, 0.1) is 10.1 Å². The number of rotatable bonds is 6. The van der Waals surface area contributed by atoms with Crippen molar-refractivity contribution in [2.24, 2.45) is 0 Å². The lowest BCUT2D eigenvalue weighted by Gasteiger charge is -2.29. The third-order valence-corrected chi connectivity index (χ3v) is 4.83. The number of benzene rings is 2. The monoisotopic (exact) mass is 405 g/mol. The number of ether oxygens (including phenoxy) is 2. The molecule has 0 radical (unpaired) electrons. The predicted octanol–water partition coefficient (Wildman–Crippen LogP) is 3.26. The molecule has 3 rings (SSSR count). The van der Waals surface area contributed by atoms with Crippen molar-refractivity contribution in [1.82, 2.24) is 4.90 Å². The molecular weight excluding hydrogens is 386 g/mol. The number of hydrogen-bond acceptors (Lipinski definition) is 6. The van der Waals surface area contributed by atoms with Crippen LogP contribution < -0.4 is 14.8 Å². The molecule has 0 aromatic heterocycles. The van der Waals surface area contributed by atoms with E-state index in [9.17, 15) is 14.9 Å². The topological polar surface area (TPSA) is 93.9 Å². The van der Waals surface area contributed by atoms with Crippen molar-refractivity contribution in [2.75, 3.05) is 32.6 Å². The number of halogens is 1. The number of nitro benzene ring substituents is 1. The first kappa shape index (κ1) is 19.9. The Morgan fingerprint density at radius 2 is 1.89 bits per heavy atom. The van der Waals surface area contributed by atoms with Gasteiger partial charge < -0.3 is 14.8 Å². The normalized spacial score (nSPS) is 13.5. The summed E-state index contributed by atoms with van der Waals surface area (Å²) in [4.78, 5) is 25.0. The van der Waals surface area contributed by atoms with E-state index in [0.29, 0.717) is 29.6 Å². The Balaban J connectivity index is 1.70. The summed E-state index contributed by atoms with van der Waals surface area (Å²) in [5, 5.41) is 14.0. The molecule has 8 nitrogen and oxygen atoms in total. The zero-order chi connectivity index (χ0) is 20.3. The number of anilines is 1. The van der Waals surface area contributed by atoms with Crippen LogP contribution in [0.15, 0.2) is 30.3 Å². The van der Waals surface area contributed by atoms with Gasteiger partial charge in [-0.3, -0.25) is 19.8 Å². The first-order valence-corrected chi connectivity index (χ1v) is 8.99. The van der Waals surface area contributed by atoms with Gasteiger partial charge >= 0.3 is 0 Å². The molecule has 1 aliphatic heterocycles. The average Bonchev–Trinajstić information content (AvgIpc) is 2.66. The molecule has 0 fully saturated rings. The number of fused-ring (bicyclic) bond motifs is 1. The zero-order valence-corrected chi connectivity index (χ0v) is 16.3. The summed E-state index contributed by atoms with van der Waals surface area (Å²) in [5.74, 6) is 0.983. The van der Waals surface area contributed by atoms with Crippen LogP contribution in [0.2, 0.25) is 5.02 Å². The minimum Gasteiger partial charge on any atom is -0.493 e. The van der Waals surface area contributed by atoms with Gasteiger partial charge in [-0.25, -0.2) is 0 Å². The molecule has 0 bridgehead atoms. The molecule has 0 unspecified atom stereocenters. The minimum absolute atomic E-state index is 0.0892. The number of methoxy groups -OCH3 is 2. The molecule has 148 valence electrons. The molecule has 0 aliphatic carbocycles. The number of amides is 1. The number of nitrogens with zero attached hydrogens (tertiary/aromatic N) is 2. The van der Waals surface area contributed by atoms with Gasteiger partial charge in [-0.1, -0.05) is 11.6 Å². The fourth-order valence-corrected chi connectivity index (χ4v) is 3.41. The van der Waals surface area contributed by atoms with Crippen molar-refractivity contribution in [3.05, 3.63) is 56.6 Å². The highest BCUT2D eigenvalue weighted by Gasteiger charge is 2.22. The average molecular weight is 406 g/mol. The first-order chi connectivity index (χ1) is 13.4. The fourth-order valence-electron chi connectivity index (χ4n) is 3.24. The van der Waals surface area contributed by atoms with Gasteiger partial charge in [0.2, 0.25) is 5.91 Å². The van der Waals surface area contributed by atoms with Crippen molar-refractivity contribution in [2.45, 2.75) is 13.0 Å². The minimum atomic E-state index is -0.553. The van der Waals surface area contributed by atoms with Gasteiger partial charge in [0.1, 0.15) is 5.69 Å². The van der Waals surface area contributed by atoms with Gasteiger partial charge in [-0.05, 0) is 41.8 Å². The smallest absolute Gasteiger partial charge is 0.292 e. The standard InChI is InChI=1S/C19H20ClN3O5/c1-27-17-7-12-5-6-22(10-13(12)8-18(17)28-2)11-19(24)21-15-9-14(20)3-4-16(15)23(25)26/h3-4,7-9H,5-6,10-11H2,1-2H3,(H,21,24). The van der Waals surface area contributed by atoms with E-state index in [4.69, 9.17) is 21.1 Å². The highest BCUT2D eigenvalue weighted by Crippen LogP contribution is 2.33. The van der Waals surface area contributed by atoms with Gasteiger partial charge in [0.15, 0.2) is 11.5 Å². The third-order valence-electron chi connectivity index (χ3n) is 4.59. The molecule has 1 heterocycles. The quantitative estimate of drug-likeness (QED) is 0.585. The number of carbonyl (C=O) groups is 1. The summed E-state index contributed by atoms with van der Waals surface area (Å²) in [6.45, 7) is 1.37. The molecule has 0 spiro atoms. The molecule has 2 aromatic carbocycles. The summed E-state index contributed by atoms with van der Waals surface area (Å²) in [7, 11) is 3.18. The molecule has 2 aromatic rings. The van der Waals surface area contributed by atoms with E-state index in [1.54, 1.807) is 14.2 Å². The highest BCUT2D eigenvalue weighted by atomic mass is 35.5. The zero-order valence-electron chi connectivity index (χ0n) is 15.5. The lowest BCUT2D eigenvalue weighted by molar-refractivity contribution is -0.383. The van der Waals surface area contributed by atoms with Crippen LogP contribution in [-0.4, -0.2) is 43.0 Å². The van der Waals surface area contributed by atoms with Crippen LogP contribution in [0.4, 0.5) is 11.4 Å². The van der Waals surface area contributed by atoms with Gasteiger partial charge in [-0.2, -0.15) is 0 Å². The van der Waals surface area contributed by atoms with E-state index in [-0.39, 0.29) is 23.8 Å². The van der Waals surface area contributed by atoms with Crippen LogP contribution in [0.5, 0.6) is 11.5 Å². The van der Waals surface area contributed by atoms with E-state index in [2.05, 4.69) is 5.32 Å². The van der Waals surface area contributed by atoms with E-state index >= 15 is 0 Å². The maximum Gasteiger partial charge on any atom is 0.292 e. The predicted molar refractivity (Wildman–Crippen MR) is 105 cm³/mol. The molecule has 1 amide bonds. The summed E-state index contributed by atoms with van der Waals surface area (Å²) in [5.41, 5.74) is 2.11. The van der Waals surface area contributed by atoms with Crippen LogP contribution >= 0.6 is 11.6 Å². The lowest BCUT2D eigenvalue weighted by atomic mass is 9.99. The molecule has 1 N–H and O–H groups in total. The maximum absolute atomic E-state index is 12.4. The van der Waals surface area contributed by atoms with Crippen molar-refractivity contribution in [3.63, 3.8) is 0 Å². The second-order valence-electron chi connectivity index (χ2n) is 6.40. The van der Waals surface area contributed by atoms with Gasteiger partial charge in [-0.15, -0.1) is 0 Å². The largest absolute Gasteiger partial charge is 0.493 e. The second kappa shape index (κ2) is 8.45. The molecular formula is C19H20ClN3O5. The summed E-state index contributed by atoms with van der Waals surface area (Å²) >= 11 is 5.90. The van der Waals surface area contributed by atoms with E-state index in [0.717, 1.165) is 17.5 Å². The fraction of sp³-hybridized carbons (Fsp3) is 0.316. The number of nitro groups is 1. The van der Waals surface area contributed by atoms with Crippen molar-refractivity contribution in [3.8, 4) is 11.5 Å². The van der Waals surface area contributed by atoms with Crippen LogP contribution in [-0.2, 0) is 17.8 Å². The number of hydrogen-bond donors (Lipinski definition) is 1. The Morgan fingerprint density at radius 1 is 1.21 bits per heavy atom. The van der Waals surface area contributed by atoms with Crippen LogP contribution in [0.1, 0.15) is 11.1 Å². The van der Waals surface area contributed by atoms with E-state index in [1.165, 1.54) is 18.2 Å². The Kier molecular flexibility index (Phi) is 6.01. The first-order valence-electron chi connectivity index (χ1n) is 8.61. The lowest BCUT2D eigenvalue weighted by Crippen LogP contribution is -2.37. The summed E-state index contributed by atoms with van der Waals surface area (Å²) in [6, 6.07) is 7.94. The highest BCUT2D eigenvalue weighted by molar-refractivity contribution is 6.31. The van der Waals surface area contributed by atoms with E-state index in [1.807, 2.05) is 17.0 Å². The molecule has 28 heavy (non-hydrogen) atoms. The second-order valence-corrected chi connectivity index (χ2v) is 6.84. The van der Waals surface area contributed by atoms with Gasteiger partial charge in [0.25, 0.3) is 5.69 Å². The Labute approximate surface area is 167 Å². The Hall–Kier alpha value is -2.84. The SMILES string of the molecule is COc1cc2c(cc1OC)CN(CC(=O)Nc1cc(Cl)ccc1[N+](=O)[O-])CC2. The van der Waals surface area contributed by atoms with E-state index < -0.39 is 4.92 Å². The number of carbonyl (C=O) groups excluding carboxylic acids is 1. The van der Waals surface area contributed by atoms with Crippen molar-refractivity contribution in [1.29, 1.82) is 0 Å². The molecule has 9 heteroatoms. The summed E-state index contributed by atoms with van der Waals surface area (Å²) in [6.07, 6.45) is 0.764.